The molecule has 0 spiro atoms. The number of amides is 1. The van der Waals surface area contributed by atoms with E-state index in [1.54, 1.807) is 35.2 Å². The van der Waals surface area contributed by atoms with Crippen LogP contribution < -0.4 is 0 Å². The lowest BCUT2D eigenvalue weighted by Crippen LogP contribution is -2.31. The highest BCUT2D eigenvalue weighted by molar-refractivity contribution is 5.92. The number of carbonyl (C=O) groups is 1. The summed E-state index contributed by atoms with van der Waals surface area (Å²) in [6.45, 7) is 0.515. The summed E-state index contributed by atoms with van der Waals surface area (Å²) in [7, 11) is 1.84. The van der Waals surface area contributed by atoms with Gasteiger partial charge in [0, 0.05) is 37.5 Å². The predicted octanol–water partition coefficient (Wildman–Crippen LogP) is 2.76. The first-order valence-corrected chi connectivity index (χ1v) is 7.33. The number of nitrogens with zero attached hydrogens (tertiary/aromatic N) is 3. The first kappa shape index (κ1) is 14.5. The number of aryl methyl sites for hydroxylation is 1. The quantitative estimate of drug-likeness (QED) is 0.796. The van der Waals surface area contributed by atoms with Gasteiger partial charge >= 0.3 is 0 Å². The number of rotatable bonds is 5. The minimum absolute atomic E-state index is 0.0179. The Morgan fingerprint density at radius 1 is 1.41 bits per heavy atom. The molecule has 5 heteroatoms. The van der Waals surface area contributed by atoms with Gasteiger partial charge < -0.3 is 4.90 Å². The van der Waals surface area contributed by atoms with E-state index < -0.39 is 0 Å². The van der Waals surface area contributed by atoms with E-state index in [1.807, 2.05) is 18.1 Å². The summed E-state index contributed by atoms with van der Waals surface area (Å²) >= 11 is 0. The van der Waals surface area contributed by atoms with E-state index in [4.69, 9.17) is 0 Å². The molecule has 0 saturated heterocycles. The van der Waals surface area contributed by atoms with Gasteiger partial charge in [-0.15, -0.1) is 0 Å². The van der Waals surface area contributed by atoms with Crippen molar-refractivity contribution in [1.82, 2.24) is 14.7 Å². The van der Waals surface area contributed by atoms with Crippen molar-refractivity contribution in [3.05, 3.63) is 59.7 Å². The maximum absolute atomic E-state index is 13.0. The van der Waals surface area contributed by atoms with E-state index in [-0.39, 0.29) is 11.7 Å². The molecule has 1 fully saturated rings. The summed E-state index contributed by atoms with van der Waals surface area (Å²) in [5, 5.41) is 4.07. The number of hydrogen-bond donors (Lipinski definition) is 0. The first-order valence-electron chi connectivity index (χ1n) is 7.33. The molecule has 114 valence electrons. The zero-order valence-electron chi connectivity index (χ0n) is 12.4. The first-order chi connectivity index (χ1) is 10.6. The fourth-order valence-electron chi connectivity index (χ4n) is 2.35. The van der Waals surface area contributed by atoms with Crippen molar-refractivity contribution >= 4 is 12.0 Å². The second kappa shape index (κ2) is 6.13. The van der Waals surface area contributed by atoms with E-state index in [0.29, 0.717) is 12.6 Å². The molecule has 3 rings (SSSR count). The highest BCUT2D eigenvalue weighted by Crippen LogP contribution is 2.28. The van der Waals surface area contributed by atoms with Crippen molar-refractivity contribution in [3.63, 3.8) is 0 Å². The van der Waals surface area contributed by atoms with Gasteiger partial charge in [0.2, 0.25) is 5.91 Å². The molecule has 1 aliphatic carbocycles. The highest BCUT2D eigenvalue weighted by atomic mass is 19.1. The molecule has 0 bridgehead atoms. The summed E-state index contributed by atoms with van der Waals surface area (Å²) in [5.74, 6) is -0.278. The van der Waals surface area contributed by atoms with Crippen molar-refractivity contribution < 1.29 is 9.18 Å². The third-order valence-electron chi connectivity index (χ3n) is 3.68. The zero-order valence-corrected chi connectivity index (χ0v) is 12.4. The van der Waals surface area contributed by atoms with E-state index in [0.717, 1.165) is 24.0 Å². The second-order valence-corrected chi connectivity index (χ2v) is 5.60. The maximum Gasteiger partial charge on any atom is 0.247 e. The molecule has 1 saturated carbocycles. The maximum atomic E-state index is 13.0. The SMILES string of the molecule is Cn1cc(C=CC(=O)N(Cc2ccc(F)cc2)C2CC2)cn1. The van der Waals surface area contributed by atoms with Gasteiger partial charge in [-0.05, 0) is 36.6 Å². The largest absolute Gasteiger partial charge is 0.332 e. The molecule has 1 aliphatic rings. The number of hydrogen-bond acceptors (Lipinski definition) is 2. The molecule has 22 heavy (non-hydrogen) atoms. The van der Waals surface area contributed by atoms with Crippen LogP contribution in [0.2, 0.25) is 0 Å². The van der Waals surface area contributed by atoms with Crippen LogP contribution in [0.3, 0.4) is 0 Å². The Morgan fingerprint density at radius 3 is 2.73 bits per heavy atom. The average Bonchev–Trinajstić information content (AvgIpc) is 3.26. The molecule has 1 aromatic heterocycles. The minimum Gasteiger partial charge on any atom is -0.332 e. The van der Waals surface area contributed by atoms with E-state index in [2.05, 4.69) is 5.10 Å². The summed E-state index contributed by atoms with van der Waals surface area (Å²) in [5.41, 5.74) is 1.84. The number of aromatic nitrogens is 2. The standard InChI is InChI=1S/C17H18FN3O/c1-20-11-14(10-19-20)4-9-17(22)21(16-7-8-16)12-13-2-5-15(18)6-3-13/h2-6,9-11,16H,7-8,12H2,1H3. The fraction of sp³-hybridized carbons (Fsp3) is 0.294. The highest BCUT2D eigenvalue weighted by Gasteiger charge is 2.31. The zero-order chi connectivity index (χ0) is 15.5. The van der Waals surface area contributed by atoms with Crippen molar-refractivity contribution in [3.8, 4) is 0 Å². The predicted molar refractivity (Wildman–Crippen MR) is 82.2 cm³/mol. The van der Waals surface area contributed by atoms with E-state index in [9.17, 15) is 9.18 Å². The van der Waals surface area contributed by atoms with Crippen LogP contribution in [0.25, 0.3) is 6.08 Å². The summed E-state index contributed by atoms with van der Waals surface area (Å²) in [4.78, 5) is 14.3. The van der Waals surface area contributed by atoms with Crippen LogP contribution in [0.1, 0.15) is 24.0 Å². The lowest BCUT2D eigenvalue weighted by Gasteiger charge is -2.21. The number of halogens is 1. The molecular formula is C17H18FN3O. The Hall–Kier alpha value is -2.43. The van der Waals surface area contributed by atoms with Gasteiger partial charge in [-0.1, -0.05) is 12.1 Å². The van der Waals surface area contributed by atoms with E-state index in [1.165, 1.54) is 12.1 Å². The Labute approximate surface area is 128 Å². The Balaban J connectivity index is 1.69. The van der Waals surface area contributed by atoms with Gasteiger partial charge in [-0.3, -0.25) is 9.48 Å². The van der Waals surface area contributed by atoms with Gasteiger partial charge in [0.25, 0.3) is 0 Å². The second-order valence-electron chi connectivity index (χ2n) is 5.60. The smallest absolute Gasteiger partial charge is 0.247 e. The van der Waals surface area contributed by atoms with Crippen molar-refractivity contribution in [2.75, 3.05) is 0 Å². The lowest BCUT2D eigenvalue weighted by molar-refractivity contribution is -0.127. The Morgan fingerprint density at radius 2 is 2.14 bits per heavy atom. The average molecular weight is 299 g/mol. The minimum atomic E-state index is -0.260. The molecule has 1 heterocycles. The van der Waals surface area contributed by atoms with Gasteiger partial charge in [-0.2, -0.15) is 5.10 Å². The van der Waals surface area contributed by atoms with Gasteiger partial charge in [0.15, 0.2) is 0 Å². The molecule has 4 nitrogen and oxygen atoms in total. The third kappa shape index (κ3) is 3.61. The van der Waals surface area contributed by atoms with Gasteiger partial charge in [0.1, 0.15) is 5.82 Å². The molecule has 2 aromatic rings. The van der Waals surface area contributed by atoms with Crippen LogP contribution in [0.15, 0.2) is 42.7 Å². The molecule has 0 atom stereocenters. The fourth-order valence-corrected chi connectivity index (χ4v) is 2.35. The van der Waals surface area contributed by atoms with Crippen LogP contribution in [-0.4, -0.2) is 26.6 Å². The summed E-state index contributed by atoms with van der Waals surface area (Å²) < 4.78 is 14.7. The lowest BCUT2D eigenvalue weighted by atomic mass is 10.2. The van der Waals surface area contributed by atoms with Crippen LogP contribution in [0.4, 0.5) is 4.39 Å². The number of carbonyl (C=O) groups excluding carboxylic acids is 1. The Kier molecular flexibility index (Phi) is 4.04. The molecular weight excluding hydrogens is 281 g/mol. The normalized spacial score (nSPS) is 14.5. The summed E-state index contributed by atoms with van der Waals surface area (Å²) in [6.07, 6.45) is 8.99. The van der Waals surface area contributed by atoms with Crippen molar-refractivity contribution in [2.24, 2.45) is 7.05 Å². The monoisotopic (exact) mass is 299 g/mol. The number of benzene rings is 1. The van der Waals surface area contributed by atoms with Crippen LogP contribution >= 0.6 is 0 Å². The van der Waals surface area contributed by atoms with Crippen molar-refractivity contribution in [1.29, 1.82) is 0 Å². The van der Waals surface area contributed by atoms with Crippen LogP contribution in [-0.2, 0) is 18.4 Å². The van der Waals surface area contributed by atoms with Gasteiger partial charge in [0.05, 0.1) is 6.20 Å². The van der Waals surface area contributed by atoms with Crippen LogP contribution in [0, 0.1) is 5.82 Å². The Bertz CT molecular complexity index is 686. The van der Waals surface area contributed by atoms with Gasteiger partial charge in [-0.25, -0.2) is 4.39 Å². The molecule has 0 N–H and O–H groups in total. The van der Waals surface area contributed by atoms with E-state index >= 15 is 0 Å². The summed E-state index contributed by atoms with van der Waals surface area (Å²) in [6, 6.07) is 6.61. The molecule has 1 amide bonds. The van der Waals surface area contributed by atoms with Crippen LogP contribution in [0.5, 0.6) is 0 Å². The molecule has 0 aliphatic heterocycles. The molecule has 0 radical (unpaired) electrons. The molecule has 0 unspecified atom stereocenters. The van der Waals surface area contributed by atoms with Crippen molar-refractivity contribution in [2.45, 2.75) is 25.4 Å². The molecule has 1 aromatic carbocycles. The topological polar surface area (TPSA) is 38.1 Å². The third-order valence-corrected chi connectivity index (χ3v) is 3.68.